The zero-order valence-corrected chi connectivity index (χ0v) is 9.82. The van der Waals surface area contributed by atoms with Crippen molar-refractivity contribution in [3.8, 4) is 0 Å². The summed E-state index contributed by atoms with van der Waals surface area (Å²) in [6.45, 7) is 2.10. The van der Waals surface area contributed by atoms with Gasteiger partial charge < -0.3 is 5.73 Å². The summed E-state index contributed by atoms with van der Waals surface area (Å²) in [5.41, 5.74) is 7.50. The Morgan fingerprint density at radius 1 is 1.24 bits per heavy atom. The highest BCUT2D eigenvalue weighted by molar-refractivity contribution is 6.24. The molecule has 17 heavy (non-hydrogen) atoms. The molecule has 0 aliphatic heterocycles. The van der Waals surface area contributed by atoms with Crippen LogP contribution >= 0.6 is 0 Å². The van der Waals surface area contributed by atoms with Crippen LogP contribution in [0.1, 0.15) is 46.0 Å². The predicted molar refractivity (Wildman–Crippen MR) is 66.0 cm³/mol. The first-order valence-corrected chi connectivity index (χ1v) is 5.83. The lowest BCUT2D eigenvalue weighted by molar-refractivity contribution is 0.0982. The lowest BCUT2D eigenvalue weighted by Crippen LogP contribution is -2.23. The van der Waals surface area contributed by atoms with Crippen LogP contribution in [0.15, 0.2) is 30.0 Å². The lowest BCUT2D eigenvalue weighted by Gasteiger charge is -2.15. The van der Waals surface area contributed by atoms with E-state index < -0.39 is 0 Å². The molecule has 3 nitrogen and oxygen atoms in total. The van der Waals surface area contributed by atoms with E-state index in [1.165, 1.54) is 6.08 Å². The summed E-state index contributed by atoms with van der Waals surface area (Å²) >= 11 is 0. The van der Waals surface area contributed by atoms with Crippen molar-refractivity contribution in [2.75, 3.05) is 0 Å². The molecule has 0 atom stereocenters. The fraction of sp³-hybridized carbons (Fsp3) is 0.286. The van der Waals surface area contributed by atoms with Gasteiger partial charge in [0.05, 0.1) is 5.70 Å². The maximum Gasteiger partial charge on any atom is 0.209 e. The standard InChI is InChI=1S/C14H15NO2/c1-2-3-5-9-6-4-7-10-13(9)12(16)8-11(15)14(10)17/h4,6-8H,2-3,5,15H2,1H3. The molecule has 3 heteroatoms. The Labute approximate surface area is 100 Å². The van der Waals surface area contributed by atoms with Gasteiger partial charge in [-0.25, -0.2) is 0 Å². The van der Waals surface area contributed by atoms with Crippen molar-refractivity contribution in [2.24, 2.45) is 5.73 Å². The molecule has 0 spiro atoms. The number of benzene rings is 1. The summed E-state index contributed by atoms with van der Waals surface area (Å²) in [6, 6.07) is 5.40. The van der Waals surface area contributed by atoms with Crippen molar-refractivity contribution in [1.82, 2.24) is 0 Å². The zero-order chi connectivity index (χ0) is 12.4. The number of allylic oxidation sites excluding steroid dienone is 2. The van der Waals surface area contributed by atoms with E-state index in [-0.39, 0.29) is 17.3 Å². The Bertz CT molecular complexity index is 515. The summed E-state index contributed by atoms with van der Waals surface area (Å²) in [7, 11) is 0. The fourth-order valence-electron chi connectivity index (χ4n) is 2.09. The van der Waals surface area contributed by atoms with E-state index in [1.54, 1.807) is 6.07 Å². The molecule has 0 radical (unpaired) electrons. The van der Waals surface area contributed by atoms with Crippen molar-refractivity contribution in [3.63, 3.8) is 0 Å². The van der Waals surface area contributed by atoms with Crippen LogP contribution in [0.3, 0.4) is 0 Å². The summed E-state index contributed by atoms with van der Waals surface area (Å²) < 4.78 is 0. The molecule has 1 aromatic carbocycles. The van der Waals surface area contributed by atoms with E-state index in [4.69, 9.17) is 5.73 Å². The van der Waals surface area contributed by atoms with Gasteiger partial charge in [-0.1, -0.05) is 31.5 Å². The molecule has 0 saturated carbocycles. The van der Waals surface area contributed by atoms with Crippen LogP contribution in [-0.4, -0.2) is 11.6 Å². The molecule has 0 fully saturated rings. The molecule has 2 rings (SSSR count). The molecule has 1 aromatic rings. The molecule has 0 saturated heterocycles. The summed E-state index contributed by atoms with van der Waals surface area (Å²) in [6.07, 6.45) is 4.13. The van der Waals surface area contributed by atoms with Gasteiger partial charge in [0.1, 0.15) is 0 Å². The molecular weight excluding hydrogens is 214 g/mol. The maximum atomic E-state index is 11.9. The van der Waals surface area contributed by atoms with Crippen molar-refractivity contribution in [3.05, 3.63) is 46.7 Å². The van der Waals surface area contributed by atoms with Crippen LogP contribution in [0.2, 0.25) is 0 Å². The normalized spacial score (nSPS) is 14.5. The van der Waals surface area contributed by atoms with Crippen molar-refractivity contribution in [1.29, 1.82) is 0 Å². The predicted octanol–water partition coefficient (Wildman–Crippen LogP) is 2.25. The number of Topliss-reactive ketones (excluding diaryl/α,β-unsaturated/α-hetero) is 1. The Morgan fingerprint density at radius 2 is 2.00 bits per heavy atom. The Kier molecular flexibility index (Phi) is 3.09. The zero-order valence-electron chi connectivity index (χ0n) is 9.82. The highest BCUT2D eigenvalue weighted by atomic mass is 16.1. The van der Waals surface area contributed by atoms with Crippen molar-refractivity contribution in [2.45, 2.75) is 26.2 Å². The Hall–Kier alpha value is -1.90. The van der Waals surface area contributed by atoms with Gasteiger partial charge in [0.2, 0.25) is 5.78 Å². The van der Waals surface area contributed by atoms with E-state index in [0.717, 1.165) is 24.8 Å². The van der Waals surface area contributed by atoms with E-state index >= 15 is 0 Å². The first kappa shape index (κ1) is 11.6. The van der Waals surface area contributed by atoms with Gasteiger partial charge in [-0.15, -0.1) is 0 Å². The number of carbonyl (C=O) groups is 2. The van der Waals surface area contributed by atoms with Gasteiger partial charge >= 0.3 is 0 Å². The second kappa shape index (κ2) is 4.53. The number of aryl methyl sites for hydroxylation is 1. The number of fused-ring (bicyclic) bond motifs is 1. The number of hydrogen-bond acceptors (Lipinski definition) is 3. The Balaban J connectivity index is 2.50. The number of unbranched alkanes of at least 4 members (excludes halogenated alkanes) is 1. The minimum Gasteiger partial charge on any atom is -0.395 e. The van der Waals surface area contributed by atoms with Gasteiger partial charge in [0.15, 0.2) is 5.78 Å². The SMILES string of the molecule is CCCCc1cccc2c1C(=O)C=C(N)C2=O. The van der Waals surface area contributed by atoms with Gasteiger partial charge in [0, 0.05) is 17.2 Å². The second-order valence-corrected chi connectivity index (χ2v) is 4.24. The first-order chi connectivity index (χ1) is 8.15. The summed E-state index contributed by atoms with van der Waals surface area (Å²) in [5, 5.41) is 0. The minimum absolute atomic E-state index is 0.0372. The van der Waals surface area contributed by atoms with E-state index in [2.05, 4.69) is 6.92 Å². The molecule has 1 aliphatic carbocycles. The lowest BCUT2D eigenvalue weighted by atomic mass is 9.87. The number of carbonyl (C=O) groups excluding carboxylic acids is 2. The van der Waals surface area contributed by atoms with Gasteiger partial charge in [0.25, 0.3) is 0 Å². The van der Waals surface area contributed by atoms with Crippen LogP contribution in [0.25, 0.3) is 0 Å². The number of hydrogen-bond donors (Lipinski definition) is 1. The third kappa shape index (κ3) is 2.00. The molecule has 88 valence electrons. The van der Waals surface area contributed by atoms with E-state index in [1.807, 2.05) is 12.1 Å². The molecule has 0 bridgehead atoms. The summed E-state index contributed by atoms with van der Waals surface area (Å²) in [4.78, 5) is 23.8. The average molecular weight is 229 g/mol. The smallest absolute Gasteiger partial charge is 0.209 e. The minimum atomic E-state index is -0.238. The third-order valence-electron chi connectivity index (χ3n) is 2.99. The van der Waals surface area contributed by atoms with Gasteiger partial charge in [-0.05, 0) is 18.4 Å². The summed E-state index contributed by atoms with van der Waals surface area (Å²) in [5.74, 6) is -0.387. The Morgan fingerprint density at radius 3 is 2.71 bits per heavy atom. The van der Waals surface area contributed by atoms with Gasteiger partial charge in [-0.3, -0.25) is 9.59 Å². The number of nitrogens with two attached hydrogens (primary N) is 1. The monoisotopic (exact) mass is 229 g/mol. The number of ketones is 2. The molecule has 0 unspecified atom stereocenters. The van der Waals surface area contributed by atoms with Crippen molar-refractivity contribution < 1.29 is 9.59 Å². The van der Waals surface area contributed by atoms with Crippen LogP contribution in [-0.2, 0) is 6.42 Å². The molecule has 2 N–H and O–H groups in total. The first-order valence-electron chi connectivity index (χ1n) is 5.83. The van der Waals surface area contributed by atoms with Gasteiger partial charge in [-0.2, -0.15) is 0 Å². The number of rotatable bonds is 3. The van der Waals surface area contributed by atoms with Crippen LogP contribution in [0.5, 0.6) is 0 Å². The molecule has 1 aliphatic rings. The maximum absolute atomic E-state index is 11.9. The quantitative estimate of drug-likeness (QED) is 0.864. The molecule has 0 heterocycles. The molecule has 0 aromatic heterocycles. The van der Waals surface area contributed by atoms with Crippen molar-refractivity contribution >= 4 is 11.6 Å². The highest BCUT2D eigenvalue weighted by Crippen LogP contribution is 2.24. The second-order valence-electron chi connectivity index (χ2n) is 4.24. The van der Waals surface area contributed by atoms with E-state index in [9.17, 15) is 9.59 Å². The largest absolute Gasteiger partial charge is 0.395 e. The van der Waals surface area contributed by atoms with E-state index in [0.29, 0.717) is 11.1 Å². The average Bonchev–Trinajstić information content (AvgIpc) is 2.33. The highest BCUT2D eigenvalue weighted by Gasteiger charge is 2.25. The molecular formula is C14H15NO2. The van der Waals surface area contributed by atoms with Crippen LogP contribution in [0.4, 0.5) is 0 Å². The fourth-order valence-corrected chi connectivity index (χ4v) is 2.09. The van der Waals surface area contributed by atoms with Crippen LogP contribution in [0, 0.1) is 0 Å². The molecule has 0 amide bonds. The third-order valence-corrected chi connectivity index (χ3v) is 2.99. The topological polar surface area (TPSA) is 60.2 Å². The van der Waals surface area contributed by atoms with Crippen LogP contribution < -0.4 is 5.73 Å².